The zero-order valence-electron chi connectivity index (χ0n) is 17.7. The highest BCUT2D eigenvalue weighted by Crippen LogP contribution is 2.49. The number of piperidine rings is 1. The van der Waals surface area contributed by atoms with Crippen LogP contribution in [0, 0.1) is 5.92 Å². The summed E-state index contributed by atoms with van der Waals surface area (Å²) >= 11 is 0. The lowest BCUT2D eigenvalue weighted by Gasteiger charge is -2.40. The quantitative estimate of drug-likeness (QED) is 0.781. The Morgan fingerprint density at radius 2 is 1.93 bits per heavy atom. The molecular weight excluding hydrogens is 362 g/mol. The fraction of sp³-hybridized carbons (Fsp3) is 0.500. The van der Waals surface area contributed by atoms with Crippen molar-refractivity contribution in [3.63, 3.8) is 0 Å². The van der Waals surface area contributed by atoms with Crippen molar-refractivity contribution >= 4 is 5.91 Å². The molecule has 1 fully saturated rings. The van der Waals surface area contributed by atoms with Crippen LogP contribution >= 0.6 is 0 Å². The molecule has 0 aliphatic carbocycles. The van der Waals surface area contributed by atoms with Crippen LogP contribution in [0.2, 0.25) is 0 Å². The van der Waals surface area contributed by atoms with Gasteiger partial charge in [0.1, 0.15) is 0 Å². The maximum Gasteiger partial charge on any atom is 0.226 e. The van der Waals surface area contributed by atoms with Crippen LogP contribution in [0.3, 0.4) is 0 Å². The van der Waals surface area contributed by atoms with Crippen LogP contribution < -0.4 is 0 Å². The predicted octanol–water partition coefficient (Wildman–Crippen LogP) is 3.41. The van der Waals surface area contributed by atoms with Crippen molar-refractivity contribution in [3.05, 3.63) is 65.5 Å². The van der Waals surface area contributed by atoms with Gasteiger partial charge in [0.15, 0.2) is 0 Å². The number of carbonyl (C=O) groups is 1. The molecule has 2 atom stereocenters. The number of nitrogens with zero attached hydrogens (tertiary/aromatic N) is 3. The summed E-state index contributed by atoms with van der Waals surface area (Å²) in [7, 11) is 3.67. The van der Waals surface area contributed by atoms with E-state index >= 15 is 0 Å². The van der Waals surface area contributed by atoms with Gasteiger partial charge in [-0.1, -0.05) is 30.3 Å². The first-order valence-electron chi connectivity index (χ1n) is 10.6. The largest absolute Gasteiger partial charge is 0.363 e. The molecule has 0 saturated carbocycles. The molecule has 1 aromatic carbocycles. The lowest BCUT2D eigenvalue weighted by atomic mass is 9.83. The van der Waals surface area contributed by atoms with Gasteiger partial charge in [0.05, 0.1) is 17.6 Å². The first-order chi connectivity index (χ1) is 14.0. The Bertz CT molecular complexity index is 844. The molecule has 5 heteroatoms. The monoisotopic (exact) mass is 393 g/mol. The molecule has 3 heterocycles. The van der Waals surface area contributed by atoms with Crippen molar-refractivity contribution in [2.24, 2.45) is 5.92 Å². The zero-order valence-corrected chi connectivity index (χ0v) is 17.7. The predicted molar refractivity (Wildman–Crippen MR) is 113 cm³/mol. The van der Waals surface area contributed by atoms with E-state index in [0.29, 0.717) is 6.42 Å². The Morgan fingerprint density at radius 1 is 1.21 bits per heavy atom. The Kier molecular flexibility index (Phi) is 5.70. The van der Waals surface area contributed by atoms with E-state index in [0.717, 1.165) is 38.2 Å². The molecule has 0 bridgehead atoms. The normalized spacial score (nSPS) is 21.7. The van der Waals surface area contributed by atoms with E-state index < -0.39 is 0 Å². The highest BCUT2D eigenvalue weighted by atomic mass is 16.5. The molecule has 0 N–H and O–H groups in total. The second-order valence-electron chi connectivity index (χ2n) is 8.60. The number of carbonyl (C=O) groups excluding carboxylic acids is 1. The van der Waals surface area contributed by atoms with Gasteiger partial charge in [0.25, 0.3) is 0 Å². The number of benzene rings is 1. The minimum Gasteiger partial charge on any atom is -0.363 e. The number of hydrogen-bond acceptors (Lipinski definition) is 4. The van der Waals surface area contributed by atoms with Crippen LogP contribution in [0.15, 0.2) is 48.7 Å². The summed E-state index contributed by atoms with van der Waals surface area (Å²) in [6.45, 7) is 4.81. The zero-order chi connectivity index (χ0) is 20.4. The van der Waals surface area contributed by atoms with Gasteiger partial charge in [-0.2, -0.15) is 0 Å². The van der Waals surface area contributed by atoms with Gasteiger partial charge >= 0.3 is 0 Å². The topological polar surface area (TPSA) is 45.7 Å². The van der Waals surface area contributed by atoms with Crippen molar-refractivity contribution < 1.29 is 9.53 Å². The van der Waals surface area contributed by atoms with E-state index in [2.05, 4.69) is 41.1 Å². The van der Waals surface area contributed by atoms with E-state index in [1.165, 1.54) is 11.1 Å². The second kappa shape index (κ2) is 8.25. The Balaban J connectivity index is 1.44. The van der Waals surface area contributed by atoms with Crippen molar-refractivity contribution in [2.75, 3.05) is 33.7 Å². The first-order valence-corrected chi connectivity index (χ1v) is 10.6. The average molecular weight is 394 g/mol. The number of hydrogen-bond donors (Lipinski definition) is 0. The Hall–Kier alpha value is -2.24. The molecule has 2 aliphatic heterocycles. The van der Waals surface area contributed by atoms with E-state index in [-0.39, 0.29) is 23.5 Å². The van der Waals surface area contributed by atoms with E-state index in [1.807, 2.05) is 32.3 Å². The van der Waals surface area contributed by atoms with Crippen molar-refractivity contribution in [1.29, 1.82) is 0 Å². The third-order valence-corrected chi connectivity index (χ3v) is 6.41. The van der Waals surface area contributed by atoms with Gasteiger partial charge in [-0.25, -0.2) is 0 Å². The number of fused-ring (bicyclic) bond motifs is 2. The molecule has 2 aromatic rings. The van der Waals surface area contributed by atoms with Crippen LogP contribution in [0.5, 0.6) is 0 Å². The summed E-state index contributed by atoms with van der Waals surface area (Å²) in [5, 5.41) is 0. The molecule has 5 nitrogen and oxygen atoms in total. The molecule has 29 heavy (non-hydrogen) atoms. The van der Waals surface area contributed by atoms with E-state index in [4.69, 9.17) is 4.74 Å². The maximum absolute atomic E-state index is 12.8. The van der Waals surface area contributed by atoms with Crippen molar-refractivity contribution in [2.45, 2.75) is 37.9 Å². The summed E-state index contributed by atoms with van der Waals surface area (Å²) in [5.74, 6) is 0.0941. The minimum absolute atomic E-state index is 0.0790. The molecule has 4 rings (SSSR count). The summed E-state index contributed by atoms with van der Waals surface area (Å²) in [5.41, 5.74) is 3.51. The number of ether oxygens (including phenoxy) is 1. The molecule has 1 aromatic heterocycles. The second-order valence-corrected chi connectivity index (χ2v) is 8.60. The van der Waals surface area contributed by atoms with Crippen LogP contribution in [0.4, 0.5) is 0 Å². The number of pyridine rings is 1. The lowest BCUT2D eigenvalue weighted by molar-refractivity contribution is -0.134. The number of likely N-dealkylation sites (tertiary alicyclic amines) is 1. The smallest absolute Gasteiger partial charge is 0.226 e. The minimum atomic E-state index is -0.158. The summed E-state index contributed by atoms with van der Waals surface area (Å²) in [4.78, 5) is 21.4. The molecule has 1 saturated heterocycles. The fourth-order valence-corrected chi connectivity index (χ4v) is 4.89. The highest BCUT2D eigenvalue weighted by molar-refractivity contribution is 5.78. The van der Waals surface area contributed by atoms with Gasteiger partial charge in [-0.15, -0.1) is 0 Å². The third-order valence-electron chi connectivity index (χ3n) is 6.41. The molecule has 1 amide bonds. The van der Waals surface area contributed by atoms with E-state index in [9.17, 15) is 4.79 Å². The number of aromatic nitrogens is 1. The van der Waals surface area contributed by atoms with Crippen LogP contribution in [0.25, 0.3) is 0 Å². The highest BCUT2D eigenvalue weighted by Gasteiger charge is 2.45. The molecule has 2 unspecified atom stereocenters. The SMILES string of the molecule is CC1OC2(CCN(CC(Cc3ccccn3)C(=O)N(C)C)CC2)c2ccccc21. The van der Waals surface area contributed by atoms with Gasteiger partial charge in [0.2, 0.25) is 5.91 Å². The Labute approximate surface area is 173 Å². The standard InChI is InChI=1S/C24H31N3O2/c1-18-21-9-4-5-10-22(21)24(29-18)11-14-27(15-12-24)17-19(23(28)26(2)3)16-20-8-6-7-13-25-20/h4-10,13,18-19H,11-12,14-17H2,1-3H3. The van der Waals surface area contributed by atoms with Gasteiger partial charge in [-0.3, -0.25) is 9.78 Å². The summed E-state index contributed by atoms with van der Waals surface area (Å²) in [6.07, 6.45) is 4.58. The fourth-order valence-electron chi connectivity index (χ4n) is 4.89. The summed E-state index contributed by atoms with van der Waals surface area (Å²) in [6, 6.07) is 14.5. The van der Waals surface area contributed by atoms with Crippen LogP contribution in [-0.4, -0.2) is 54.4 Å². The Morgan fingerprint density at radius 3 is 2.62 bits per heavy atom. The molecular formula is C24H31N3O2. The average Bonchev–Trinajstić information content (AvgIpc) is 3.01. The van der Waals surface area contributed by atoms with Crippen molar-refractivity contribution in [3.8, 4) is 0 Å². The molecule has 1 spiro atoms. The summed E-state index contributed by atoms with van der Waals surface area (Å²) < 4.78 is 6.48. The number of rotatable bonds is 5. The lowest BCUT2D eigenvalue weighted by Crippen LogP contribution is -2.46. The molecule has 154 valence electrons. The third kappa shape index (κ3) is 4.07. The maximum atomic E-state index is 12.8. The van der Waals surface area contributed by atoms with Gasteiger partial charge in [-0.05, 0) is 43.0 Å². The first kappa shape index (κ1) is 20.0. The molecule has 2 aliphatic rings. The molecule has 0 radical (unpaired) electrons. The number of amides is 1. The van der Waals surface area contributed by atoms with Crippen molar-refractivity contribution in [1.82, 2.24) is 14.8 Å². The van der Waals surface area contributed by atoms with Crippen LogP contribution in [0.1, 0.15) is 42.7 Å². The van der Waals surface area contributed by atoms with Gasteiger partial charge in [0, 0.05) is 52.0 Å². The van der Waals surface area contributed by atoms with Crippen LogP contribution in [-0.2, 0) is 21.6 Å². The van der Waals surface area contributed by atoms with Gasteiger partial charge < -0.3 is 14.5 Å². The van der Waals surface area contributed by atoms with E-state index in [1.54, 1.807) is 11.1 Å².